The van der Waals surface area contributed by atoms with Crippen LogP contribution in [0.3, 0.4) is 0 Å². The molecule has 36 heteroatoms. The van der Waals surface area contributed by atoms with E-state index in [0.29, 0.717) is 136 Å². The van der Waals surface area contributed by atoms with Crippen LogP contribution in [0.15, 0.2) is 103 Å². The molecule has 5 aliphatic heterocycles. The highest BCUT2D eigenvalue weighted by Crippen LogP contribution is 2.41. The number of hydrogen-bond donors (Lipinski definition) is 4. The molecule has 107 heavy (non-hydrogen) atoms. The number of carbonyl (C=O) groups is 2. The smallest absolute Gasteiger partial charge is 0.341 e. The van der Waals surface area contributed by atoms with Crippen LogP contribution in [0.5, 0.6) is 57.5 Å². The van der Waals surface area contributed by atoms with Gasteiger partial charge in [0.15, 0.2) is 57.5 Å². The van der Waals surface area contributed by atoms with Crippen LogP contribution in [0.25, 0.3) is 0 Å². The van der Waals surface area contributed by atoms with E-state index in [-0.39, 0.29) is 53.0 Å². The summed E-state index contributed by atoms with van der Waals surface area (Å²) in [5.74, 6) is 2.77. The minimum Gasteiger partial charge on any atom is -0.493 e. The third-order valence-corrected chi connectivity index (χ3v) is 28.7. The van der Waals surface area contributed by atoms with Crippen LogP contribution < -0.4 is 52.8 Å². The first-order chi connectivity index (χ1) is 50.6. The van der Waals surface area contributed by atoms with Crippen LogP contribution in [0, 0.1) is 23.7 Å². The monoisotopic (exact) mass is 1600 g/mol. The van der Waals surface area contributed by atoms with Gasteiger partial charge >= 0.3 is 5.97 Å². The molecule has 598 valence electrons. The first-order valence-electron chi connectivity index (χ1n) is 34.7. The fourth-order valence-electron chi connectivity index (χ4n) is 12.4. The van der Waals surface area contributed by atoms with E-state index in [9.17, 15) is 61.9 Å². The van der Waals surface area contributed by atoms with Crippen molar-refractivity contribution in [2.75, 3.05) is 137 Å². The number of aromatic carboxylic acids is 1. The van der Waals surface area contributed by atoms with Crippen molar-refractivity contribution in [3.63, 3.8) is 0 Å². The number of hydroxylamine groups is 1. The number of aliphatic hydroxyl groups excluding tert-OH is 1. The van der Waals surface area contributed by atoms with E-state index in [1.54, 1.807) is 38.9 Å². The Kier molecular flexibility index (Phi) is 32.8. The highest BCUT2D eigenvalue weighted by molar-refractivity contribution is 7.90. The van der Waals surface area contributed by atoms with Crippen molar-refractivity contribution in [1.82, 2.24) is 27.0 Å². The van der Waals surface area contributed by atoms with E-state index in [4.69, 9.17) is 52.6 Å². The molecule has 0 aromatic heterocycles. The van der Waals surface area contributed by atoms with E-state index < -0.39 is 73.7 Å². The molecular weight excluding hydrogens is 1500 g/mol. The molecule has 5 heterocycles. The predicted molar refractivity (Wildman–Crippen MR) is 397 cm³/mol. The zero-order valence-corrected chi connectivity index (χ0v) is 67.2. The summed E-state index contributed by atoms with van der Waals surface area (Å²) < 4.78 is 185. The summed E-state index contributed by atoms with van der Waals surface area (Å²) in [6, 6.07) is 19.3. The van der Waals surface area contributed by atoms with Gasteiger partial charge in [0.25, 0.3) is 5.91 Å². The topological polar surface area (TPSA) is 386 Å². The van der Waals surface area contributed by atoms with Crippen molar-refractivity contribution in [1.29, 1.82) is 0 Å². The standard InChI is InChI=1S/C15H22N2O6S.C15H21NO6S.2C14H21NO4S.C13H19NO5S/c1-10-6-8-17(9-7-10)24(20,21)12-5-4-11(22-2)14(23-3)13(12)15(18)16-19;1-10-6-8-16(9-7-10)23(19,20)12-5-4-11(21-2)14(22-3)13(12)15(17)18;2*1-11-6-8-15(9-7-11)20(16,17)12-4-5-13(18-2)14(10-12)19-3;1-18-12-4-3-11(9-13(12)19-2)20(16,17)14-7-5-10(15)6-8-14/h4-5,10,19H,6-9H2,1-3H3,(H,16,18);4-5,10H,6-9H2,1-3H3,(H,17,18);2*4-5,10-11H,6-9H2,1-3H3;3-4,9-10,15H,5-8H2,1-2H3. The Balaban J connectivity index is 0.000000210. The molecule has 31 nitrogen and oxygen atoms in total. The number of amides is 1. The van der Waals surface area contributed by atoms with Gasteiger partial charge in [-0.3, -0.25) is 10.0 Å². The number of benzene rings is 5. The summed E-state index contributed by atoms with van der Waals surface area (Å²) in [7, 11) is -3.93. The Bertz CT molecular complexity index is 4130. The van der Waals surface area contributed by atoms with Gasteiger partial charge in [-0.1, -0.05) is 27.7 Å². The number of rotatable bonds is 22. The van der Waals surface area contributed by atoms with Crippen molar-refractivity contribution in [2.24, 2.45) is 23.7 Å². The summed E-state index contributed by atoms with van der Waals surface area (Å²) in [4.78, 5) is 23.9. The second-order valence-corrected chi connectivity index (χ2v) is 35.8. The molecule has 4 N–H and O–H groups in total. The number of methoxy groups -OCH3 is 10. The van der Waals surface area contributed by atoms with E-state index in [1.165, 1.54) is 138 Å². The number of piperidine rings is 5. The van der Waals surface area contributed by atoms with Gasteiger partial charge in [-0.2, -0.15) is 21.5 Å². The van der Waals surface area contributed by atoms with Crippen molar-refractivity contribution >= 4 is 62.0 Å². The lowest BCUT2D eigenvalue weighted by molar-refractivity contribution is 0.0684. The number of ether oxygens (including phenoxy) is 10. The number of carboxylic acids is 1. The number of hydrogen-bond acceptors (Lipinski definition) is 24. The minimum atomic E-state index is -3.90. The Hall–Kier alpha value is -7.49. The van der Waals surface area contributed by atoms with Crippen LogP contribution in [0.4, 0.5) is 0 Å². The minimum absolute atomic E-state index is 0.0458. The van der Waals surface area contributed by atoms with Gasteiger partial charge < -0.3 is 57.6 Å². The van der Waals surface area contributed by atoms with Gasteiger partial charge in [0.1, 0.15) is 16.0 Å². The molecule has 5 saturated heterocycles. The Morgan fingerprint density at radius 3 is 0.813 bits per heavy atom. The summed E-state index contributed by atoms with van der Waals surface area (Å²) >= 11 is 0. The lowest BCUT2D eigenvalue weighted by Gasteiger charge is -2.30. The van der Waals surface area contributed by atoms with Gasteiger partial charge in [0.2, 0.25) is 50.1 Å². The highest BCUT2D eigenvalue weighted by atomic mass is 32.2. The average Bonchev–Trinajstić information content (AvgIpc) is 0.772. The van der Waals surface area contributed by atoms with Crippen molar-refractivity contribution in [3.05, 3.63) is 90.0 Å². The number of nitrogens with one attached hydrogen (secondary N) is 1. The number of sulfonamides is 5. The summed E-state index contributed by atoms with van der Waals surface area (Å²) in [5.41, 5.74) is 0.795. The largest absolute Gasteiger partial charge is 0.493 e. The van der Waals surface area contributed by atoms with Crippen LogP contribution >= 0.6 is 0 Å². The molecule has 0 aliphatic carbocycles. The highest BCUT2D eigenvalue weighted by Gasteiger charge is 2.38. The third kappa shape index (κ3) is 21.7. The lowest BCUT2D eigenvalue weighted by atomic mass is 10.0. The van der Waals surface area contributed by atoms with Crippen molar-refractivity contribution in [3.8, 4) is 57.5 Å². The molecule has 1 amide bonds. The normalized spacial score (nSPS) is 17.5. The van der Waals surface area contributed by atoms with Crippen molar-refractivity contribution in [2.45, 2.75) is 122 Å². The molecule has 5 aromatic carbocycles. The maximum atomic E-state index is 13.0. The maximum absolute atomic E-state index is 13.0. The molecule has 0 spiro atoms. The van der Waals surface area contributed by atoms with E-state index in [1.807, 2.05) is 0 Å². The maximum Gasteiger partial charge on any atom is 0.341 e. The fourth-order valence-corrected chi connectivity index (χ4v) is 20.1. The average molecular weight is 1600 g/mol. The second-order valence-electron chi connectivity index (χ2n) is 26.1. The number of carboxylic acid groups (broad SMARTS) is 1. The molecule has 0 unspecified atom stereocenters. The van der Waals surface area contributed by atoms with E-state index >= 15 is 0 Å². The summed E-state index contributed by atoms with van der Waals surface area (Å²) in [6.07, 6.45) is 7.19. The second kappa shape index (κ2) is 39.7. The fraction of sp³-hybridized carbons (Fsp3) is 0.549. The van der Waals surface area contributed by atoms with Crippen LogP contribution in [0.1, 0.15) is 113 Å². The quantitative estimate of drug-likeness (QED) is 0.0375. The third-order valence-electron chi connectivity index (χ3n) is 19.2. The Morgan fingerprint density at radius 1 is 0.336 bits per heavy atom. The van der Waals surface area contributed by atoms with Gasteiger partial charge in [-0.05, 0) is 149 Å². The molecule has 5 aliphatic rings. The number of carbonyl (C=O) groups excluding carboxylic acids is 1. The van der Waals surface area contributed by atoms with Gasteiger partial charge in [0, 0.05) is 83.6 Å². The predicted octanol–water partition coefficient (Wildman–Crippen LogP) is 8.16. The van der Waals surface area contributed by atoms with Gasteiger partial charge in [0.05, 0.1) is 96.8 Å². The Morgan fingerprint density at radius 2 is 0.570 bits per heavy atom. The molecule has 0 bridgehead atoms. The first kappa shape index (κ1) is 88.4. The summed E-state index contributed by atoms with van der Waals surface area (Å²) in [6.45, 7) is 13.0. The first-order valence-corrected chi connectivity index (χ1v) is 41.9. The molecule has 0 atom stereocenters. The molecule has 0 saturated carbocycles. The van der Waals surface area contributed by atoms with E-state index in [0.717, 1.165) is 51.4 Å². The zero-order valence-electron chi connectivity index (χ0n) is 63.1. The van der Waals surface area contributed by atoms with E-state index in [2.05, 4.69) is 27.7 Å². The SMILES string of the molecule is COc1ccc(S(=O)(=O)N2CCC(C)CC2)c(C(=O)NO)c1OC.COc1ccc(S(=O)(=O)N2CCC(C)CC2)c(C(=O)O)c1OC.COc1ccc(S(=O)(=O)N2CCC(C)CC2)cc1OC.COc1ccc(S(=O)(=O)N2CCC(C)CC2)cc1OC.COc1ccc(S(=O)(=O)N2CCC(O)CC2)cc1OC. The molecule has 10 rings (SSSR count). The lowest BCUT2D eigenvalue weighted by Crippen LogP contribution is -2.39. The van der Waals surface area contributed by atoms with Crippen molar-refractivity contribution < 1.29 is 114 Å². The summed E-state index contributed by atoms with van der Waals surface area (Å²) in [5, 5.41) is 27.9. The van der Waals surface area contributed by atoms with Crippen LogP contribution in [0.2, 0.25) is 0 Å². The van der Waals surface area contributed by atoms with Gasteiger partial charge in [-0.25, -0.2) is 52.4 Å². The molecule has 5 fully saturated rings. The molecule has 5 aromatic rings. The van der Waals surface area contributed by atoms with Crippen LogP contribution in [-0.4, -0.2) is 234 Å². The number of aliphatic hydroxyl groups is 1. The van der Waals surface area contributed by atoms with Gasteiger partial charge in [-0.15, -0.1) is 0 Å². The van der Waals surface area contributed by atoms with Crippen LogP contribution in [-0.2, 0) is 50.1 Å². The Labute approximate surface area is 630 Å². The zero-order chi connectivity index (χ0) is 79.4. The molecular formula is C71H104N6O25S5. The number of nitrogens with zero attached hydrogens (tertiary/aromatic N) is 5. The molecule has 0 radical (unpaired) electrons.